The van der Waals surface area contributed by atoms with Gasteiger partial charge in [-0.3, -0.25) is 0 Å². The minimum Gasteiger partial charge on any atom is -0.314 e. The molecule has 1 fully saturated rings. The molecule has 0 bridgehead atoms. The quantitative estimate of drug-likeness (QED) is 0.866. The van der Waals surface area contributed by atoms with Gasteiger partial charge in [-0.15, -0.1) is 0 Å². The van der Waals surface area contributed by atoms with Crippen LogP contribution < -0.4 is 5.32 Å². The second-order valence-electron chi connectivity index (χ2n) is 5.18. The molecule has 1 aliphatic carbocycles. The van der Waals surface area contributed by atoms with E-state index in [0.717, 1.165) is 31.3 Å². The largest absolute Gasteiger partial charge is 0.419 e. The fraction of sp³-hybridized carbons (Fsp3) is 0.692. The first-order valence-electron chi connectivity index (χ1n) is 6.56. The van der Waals surface area contributed by atoms with Crippen LogP contribution >= 0.6 is 0 Å². The summed E-state index contributed by atoms with van der Waals surface area (Å²) < 4.78 is 37.0. The highest BCUT2D eigenvalue weighted by molar-refractivity contribution is 5.09. The fourth-order valence-electron chi connectivity index (χ4n) is 1.77. The number of nitrogens with one attached hydrogen (secondary N) is 1. The summed E-state index contributed by atoms with van der Waals surface area (Å²) in [4.78, 5) is 7.53. The van der Waals surface area contributed by atoms with Crippen LogP contribution in [0.5, 0.6) is 0 Å². The van der Waals surface area contributed by atoms with Gasteiger partial charge in [0.15, 0.2) is 0 Å². The fourth-order valence-corrected chi connectivity index (χ4v) is 1.77. The smallest absolute Gasteiger partial charge is 0.314 e. The van der Waals surface area contributed by atoms with Crippen molar-refractivity contribution in [3.63, 3.8) is 0 Å². The summed E-state index contributed by atoms with van der Waals surface area (Å²) in [5.41, 5.74) is -0.795. The first-order chi connectivity index (χ1) is 8.95. The molecular weight excluding hydrogens is 255 g/mol. The number of aryl methyl sites for hydroxylation is 1. The molecular formula is C13H18F3N3. The molecule has 1 saturated carbocycles. The number of nitrogens with zero attached hydrogens (tertiary/aromatic N) is 2. The first kappa shape index (κ1) is 14.2. The second kappa shape index (κ2) is 5.86. The molecule has 1 atom stereocenters. The molecule has 3 nitrogen and oxygen atoms in total. The molecule has 1 heterocycles. The summed E-state index contributed by atoms with van der Waals surface area (Å²) in [6.07, 6.45) is 1.38. The predicted octanol–water partition coefficient (Wildman–Crippen LogP) is 2.82. The Morgan fingerprint density at radius 2 is 1.95 bits per heavy atom. The van der Waals surface area contributed by atoms with Crippen molar-refractivity contribution in [2.45, 2.75) is 44.8 Å². The van der Waals surface area contributed by atoms with Crippen molar-refractivity contribution < 1.29 is 13.2 Å². The Hall–Kier alpha value is -1.17. The number of hydrogen-bond acceptors (Lipinski definition) is 3. The summed E-state index contributed by atoms with van der Waals surface area (Å²) in [6.45, 7) is 3.11. The zero-order valence-electron chi connectivity index (χ0n) is 10.9. The van der Waals surface area contributed by atoms with Gasteiger partial charge >= 0.3 is 6.18 Å². The number of rotatable bonds is 6. The molecule has 106 valence electrons. The summed E-state index contributed by atoms with van der Waals surface area (Å²) in [5, 5.41) is 3.41. The monoisotopic (exact) mass is 273 g/mol. The third-order valence-electron chi connectivity index (χ3n) is 3.29. The highest BCUT2D eigenvalue weighted by atomic mass is 19.4. The van der Waals surface area contributed by atoms with Gasteiger partial charge in [-0.2, -0.15) is 13.2 Å². The summed E-state index contributed by atoms with van der Waals surface area (Å²) in [6, 6.07) is 0.339. The molecule has 0 radical (unpaired) electrons. The molecule has 0 amide bonds. The van der Waals surface area contributed by atoms with Crippen LogP contribution in [0, 0.1) is 5.92 Å². The van der Waals surface area contributed by atoms with E-state index in [1.54, 1.807) is 0 Å². The van der Waals surface area contributed by atoms with E-state index in [0.29, 0.717) is 18.3 Å². The summed E-state index contributed by atoms with van der Waals surface area (Å²) >= 11 is 0. The van der Waals surface area contributed by atoms with Gasteiger partial charge in [0, 0.05) is 24.9 Å². The van der Waals surface area contributed by atoms with Gasteiger partial charge in [-0.05, 0) is 38.6 Å². The highest BCUT2D eigenvalue weighted by Crippen LogP contribution is 2.28. The molecule has 0 unspecified atom stereocenters. The van der Waals surface area contributed by atoms with Crippen molar-refractivity contribution in [1.29, 1.82) is 0 Å². The molecule has 0 aliphatic heterocycles. The third-order valence-corrected chi connectivity index (χ3v) is 3.29. The van der Waals surface area contributed by atoms with E-state index in [4.69, 9.17) is 0 Å². The normalized spacial score (nSPS) is 17.5. The Bertz CT molecular complexity index is 399. The van der Waals surface area contributed by atoms with E-state index >= 15 is 0 Å². The minimum atomic E-state index is -4.36. The maximum atomic E-state index is 12.3. The maximum Gasteiger partial charge on any atom is 0.419 e. The molecule has 0 aromatic carbocycles. The van der Waals surface area contributed by atoms with Crippen LogP contribution in [0.1, 0.15) is 37.6 Å². The highest BCUT2D eigenvalue weighted by Gasteiger charge is 2.31. The third kappa shape index (κ3) is 4.78. The average Bonchev–Trinajstić information content (AvgIpc) is 3.17. The SMILES string of the molecule is C[C@@H](CCc1ncc(C(F)(F)F)cn1)NCC1CC1. The van der Waals surface area contributed by atoms with Gasteiger partial charge in [0.1, 0.15) is 5.82 Å². The van der Waals surface area contributed by atoms with Gasteiger partial charge in [-0.25, -0.2) is 9.97 Å². The summed E-state index contributed by atoms with van der Waals surface area (Å²) in [5.74, 6) is 1.29. The van der Waals surface area contributed by atoms with Crippen LogP contribution in [0.3, 0.4) is 0 Å². The Labute approximate surface area is 110 Å². The van der Waals surface area contributed by atoms with Crippen LogP contribution in [0.15, 0.2) is 12.4 Å². The van der Waals surface area contributed by atoms with Crippen molar-refractivity contribution in [2.24, 2.45) is 5.92 Å². The van der Waals surface area contributed by atoms with E-state index in [1.165, 1.54) is 12.8 Å². The Morgan fingerprint density at radius 1 is 1.32 bits per heavy atom. The van der Waals surface area contributed by atoms with E-state index in [1.807, 2.05) is 0 Å². The average molecular weight is 273 g/mol. The molecule has 0 spiro atoms. The van der Waals surface area contributed by atoms with E-state index < -0.39 is 11.7 Å². The van der Waals surface area contributed by atoms with Crippen LogP contribution in [0.25, 0.3) is 0 Å². The van der Waals surface area contributed by atoms with Crippen molar-refractivity contribution in [3.05, 3.63) is 23.8 Å². The van der Waals surface area contributed by atoms with E-state index in [2.05, 4.69) is 22.2 Å². The Morgan fingerprint density at radius 3 is 2.47 bits per heavy atom. The molecule has 1 aliphatic rings. The van der Waals surface area contributed by atoms with Crippen molar-refractivity contribution in [2.75, 3.05) is 6.54 Å². The van der Waals surface area contributed by atoms with Crippen LogP contribution in [0.4, 0.5) is 13.2 Å². The zero-order chi connectivity index (χ0) is 13.9. The summed E-state index contributed by atoms with van der Waals surface area (Å²) in [7, 11) is 0. The van der Waals surface area contributed by atoms with Gasteiger partial charge in [0.2, 0.25) is 0 Å². The van der Waals surface area contributed by atoms with Crippen LogP contribution in [-0.2, 0) is 12.6 Å². The number of aromatic nitrogens is 2. The lowest BCUT2D eigenvalue weighted by Crippen LogP contribution is -2.28. The van der Waals surface area contributed by atoms with Gasteiger partial charge in [0.05, 0.1) is 5.56 Å². The standard InChI is InChI=1S/C13H18F3N3/c1-9(17-6-10-3-4-10)2-5-12-18-7-11(8-19-12)13(14,15)16/h7-10,17H,2-6H2,1H3/t9-/m0/s1. The minimum absolute atomic E-state index is 0.339. The molecule has 1 aromatic rings. The van der Waals surface area contributed by atoms with Crippen molar-refractivity contribution in [3.8, 4) is 0 Å². The molecule has 19 heavy (non-hydrogen) atoms. The Kier molecular flexibility index (Phi) is 4.39. The lowest BCUT2D eigenvalue weighted by atomic mass is 10.1. The predicted molar refractivity (Wildman–Crippen MR) is 65.5 cm³/mol. The molecule has 1 N–H and O–H groups in total. The molecule has 1 aromatic heterocycles. The van der Waals surface area contributed by atoms with Gasteiger partial charge in [0.25, 0.3) is 0 Å². The lowest BCUT2D eigenvalue weighted by Gasteiger charge is -2.13. The van der Waals surface area contributed by atoms with Crippen molar-refractivity contribution >= 4 is 0 Å². The number of hydrogen-bond donors (Lipinski definition) is 1. The molecule has 0 saturated heterocycles. The number of alkyl halides is 3. The van der Waals surface area contributed by atoms with Crippen LogP contribution in [0.2, 0.25) is 0 Å². The zero-order valence-corrected chi connectivity index (χ0v) is 10.9. The van der Waals surface area contributed by atoms with Crippen LogP contribution in [-0.4, -0.2) is 22.6 Å². The van der Waals surface area contributed by atoms with Gasteiger partial charge < -0.3 is 5.32 Å². The lowest BCUT2D eigenvalue weighted by molar-refractivity contribution is -0.138. The van der Waals surface area contributed by atoms with Gasteiger partial charge in [-0.1, -0.05) is 0 Å². The van der Waals surface area contributed by atoms with E-state index in [9.17, 15) is 13.2 Å². The van der Waals surface area contributed by atoms with Crippen molar-refractivity contribution in [1.82, 2.24) is 15.3 Å². The second-order valence-corrected chi connectivity index (χ2v) is 5.18. The van der Waals surface area contributed by atoms with E-state index in [-0.39, 0.29) is 0 Å². The maximum absolute atomic E-state index is 12.3. The molecule has 6 heteroatoms. The topological polar surface area (TPSA) is 37.8 Å². The first-order valence-corrected chi connectivity index (χ1v) is 6.56. The molecule has 2 rings (SSSR count). The Balaban J connectivity index is 1.75. The number of halogens is 3.